The maximum absolute atomic E-state index is 12.9. The maximum Gasteiger partial charge on any atom is 0.260 e. The topological polar surface area (TPSA) is 68.3 Å². The third-order valence-corrected chi connectivity index (χ3v) is 5.26. The predicted octanol–water partition coefficient (Wildman–Crippen LogP) is 2.73. The Morgan fingerprint density at radius 3 is 2.34 bits per heavy atom. The zero-order chi connectivity index (χ0) is 20.8. The Morgan fingerprint density at radius 2 is 1.69 bits per heavy atom. The molecule has 1 aromatic rings. The van der Waals surface area contributed by atoms with Gasteiger partial charge in [-0.15, -0.1) is 0 Å². The van der Waals surface area contributed by atoms with E-state index in [1.165, 1.54) is 6.42 Å². The molecule has 0 spiro atoms. The number of likely N-dealkylation sites (tertiary alicyclic amines) is 1. The van der Waals surface area contributed by atoms with E-state index in [1.807, 2.05) is 30.6 Å². The molecule has 0 aliphatic carbocycles. The van der Waals surface area contributed by atoms with Gasteiger partial charge >= 0.3 is 0 Å². The Labute approximate surface area is 172 Å². The number of morpholine rings is 1. The van der Waals surface area contributed by atoms with Gasteiger partial charge in [-0.3, -0.25) is 9.59 Å². The van der Waals surface area contributed by atoms with Gasteiger partial charge in [0, 0.05) is 31.7 Å². The summed E-state index contributed by atoms with van der Waals surface area (Å²) in [7, 11) is 0. The first-order chi connectivity index (χ1) is 14.0. The van der Waals surface area contributed by atoms with Gasteiger partial charge in [-0.05, 0) is 58.2 Å². The molecule has 3 rings (SSSR count). The van der Waals surface area contributed by atoms with Crippen molar-refractivity contribution in [2.75, 3.05) is 39.4 Å². The highest BCUT2D eigenvalue weighted by atomic mass is 16.5. The van der Waals surface area contributed by atoms with Crippen LogP contribution in [0.2, 0.25) is 0 Å². The molecule has 2 amide bonds. The minimum absolute atomic E-state index is 0.0106. The summed E-state index contributed by atoms with van der Waals surface area (Å²) in [4.78, 5) is 29.0. The van der Waals surface area contributed by atoms with Gasteiger partial charge < -0.3 is 24.0 Å². The quantitative estimate of drug-likeness (QED) is 0.729. The molecule has 0 aromatic heterocycles. The molecule has 0 radical (unpaired) electrons. The number of ether oxygens (including phenoxy) is 3. The second-order valence-electron chi connectivity index (χ2n) is 7.79. The number of benzene rings is 1. The molecule has 7 nitrogen and oxygen atoms in total. The summed E-state index contributed by atoms with van der Waals surface area (Å²) in [6, 6.07) is 5.16. The number of hydrogen-bond donors (Lipinski definition) is 0. The summed E-state index contributed by atoms with van der Waals surface area (Å²) in [5.41, 5.74) is 0.546. The van der Waals surface area contributed by atoms with Gasteiger partial charge in [0.2, 0.25) is 0 Å². The van der Waals surface area contributed by atoms with Crippen LogP contribution in [0.25, 0.3) is 0 Å². The molecule has 2 aliphatic rings. The molecule has 2 saturated heterocycles. The van der Waals surface area contributed by atoms with Gasteiger partial charge in [0.05, 0.1) is 18.8 Å². The number of amides is 2. The highest BCUT2D eigenvalue weighted by molar-refractivity contribution is 5.95. The number of piperidine rings is 1. The van der Waals surface area contributed by atoms with Crippen LogP contribution in [-0.4, -0.2) is 73.2 Å². The largest absolute Gasteiger partial charge is 0.490 e. The lowest BCUT2D eigenvalue weighted by Crippen LogP contribution is -2.48. The standard InChI is InChI=1S/C22H32N2O5/c1-4-27-20-12-18(22(26)24-13-16(2)29-17(3)14-24)8-9-19(20)28-15-21(25)23-10-6-5-7-11-23/h8-9,12,16-17H,4-7,10-11,13-15H2,1-3H3. The third kappa shape index (κ3) is 5.63. The number of nitrogens with zero attached hydrogens (tertiary/aromatic N) is 2. The number of carbonyl (C=O) groups excluding carboxylic acids is 2. The van der Waals surface area contributed by atoms with E-state index >= 15 is 0 Å². The van der Waals surface area contributed by atoms with E-state index in [0.717, 1.165) is 25.9 Å². The fraction of sp³-hybridized carbons (Fsp3) is 0.636. The number of rotatable bonds is 6. The monoisotopic (exact) mass is 404 g/mol. The summed E-state index contributed by atoms with van der Waals surface area (Å²) in [5, 5.41) is 0. The van der Waals surface area contributed by atoms with Crippen LogP contribution in [-0.2, 0) is 9.53 Å². The minimum Gasteiger partial charge on any atom is -0.490 e. The molecule has 0 bridgehead atoms. The van der Waals surface area contributed by atoms with Crippen LogP contribution in [0.5, 0.6) is 11.5 Å². The average Bonchev–Trinajstić information content (AvgIpc) is 2.72. The fourth-order valence-corrected chi connectivity index (χ4v) is 3.93. The SMILES string of the molecule is CCOc1cc(C(=O)N2CC(C)OC(C)C2)ccc1OCC(=O)N1CCCCC1. The van der Waals surface area contributed by atoms with E-state index in [9.17, 15) is 9.59 Å². The van der Waals surface area contributed by atoms with Crippen molar-refractivity contribution in [3.8, 4) is 11.5 Å². The van der Waals surface area contributed by atoms with E-state index in [4.69, 9.17) is 14.2 Å². The van der Waals surface area contributed by atoms with Crippen LogP contribution in [0.4, 0.5) is 0 Å². The first-order valence-corrected chi connectivity index (χ1v) is 10.6. The van der Waals surface area contributed by atoms with Crippen molar-refractivity contribution in [2.24, 2.45) is 0 Å². The summed E-state index contributed by atoms with van der Waals surface area (Å²) < 4.78 is 17.2. The molecule has 2 atom stereocenters. The second-order valence-corrected chi connectivity index (χ2v) is 7.79. The lowest BCUT2D eigenvalue weighted by atomic mass is 10.1. The summed E-state index contributed by atoms with van der Waals surface area (Å²) in [5.74, 6) is 0.907. The van der Waals surface area contributed by atoms with Gasteiger partial charge in [-0.25, -0.2) is 0 Å². The van der Waals surface area contributed by atoms with E-state index in [-0.39, 0.29) is 30.6 Å². The first kappa shape index (κ1) is 21.4. The molecule has 1 aromatic carbocycles. The Kier molecular flexibility index (Phi) is 7.36. The maximum atomic E-state index is 12.9. The lowest BCUT2D eigenvalue weighted by Gasteiger charge is -2.35. The van der Waals surface area contributed by atoms with Gasteiger partial charge in [0.25, 0.3) is 11.8 Å². The van der Waals surface area contributed by atoms with Gasteiger partial charge in [-0.1, -0.05) is 0 Å². The molecule has 29 heavy (non-hydrogen) atoms. The van der Waals surface area contributed by atoms with Crippen molar-refractivity contribution in [1.82, 2.24) is 9.80 Å². The van der Waals surface area contributed by atoms with Crippen molar-refractivity contribution < 1.29 is 23.8 Å². The van der Waals surface area contributed by atoms with E-state index in [2.05, 4.69) is 0 Å². The van der Waals surface area contributed by atoms with Gasteiger partial charge in [0.15, 0.2) is 18.1 Å². The first-order valence-electron chi connectivity index (χ1n) is 10.6. The fourth-order valence-electron chi connectivity index (χ4n) is 3.93. The zero-order valence-corrected chi connectivity index (χ0v) is 17.7. The Balaban J connectivity index is 1.67. The van der Waals surface area contributed by atoms with E-state index in [0.29, 0.717) is 36.8 Å². The zero-order valence-electron chi connectivity index (χ0n) is 17.7. The van der Waals surface area contributed by atoms with Gasteiger partial charge in [-0.2, -0.15) is 0 Å². The minimum atomic E-state index is -0.0519. The Bertz CT molecular complexity index is 707. The van der Waals surface area contributed by atoms with Crippen LogP contribution < -0.4 is 9.47 Å². The molecule has 2 aliphatic heterocycles. The van der Waals surface area contributed by atoms with Crippen LogP contribution in [0.3, 0.4) is 0 Å². The molecule has 2 fully saturated rings. The van der Waals surface area contributed by atoms with E-state index < -0.39 is 0 Å². The number of hydrogen-bond acceptors (Lipinski definition) is 5. The smallest absolute Gasteiger partial charge is 0.260 e. The predicted molar refractivity (Wildman–Crippen MR) is 109 cm³/mol. The Hall–Kier alpha value is -2.28. The summed E-state index contributed by atoms with van der Waals surface area (Å²) in [6.07, 6.45) is 3.29. The van der Waals surface area contributed by atoms with Crippen LogP contribution in [0.1, 0.15) is 50.4 Å². The number of carbonyl (C=O) groups is 2. The molecule has 7 heteroatoms. The summed E-state index contributed by atoms with van der Waals surface area (Å²) in [6.45, 7) is 8.96. The Morgan fingerprint density at radius 1 is 1.00 bits per heavy atom. The van der Waals surface area contributed by atoms with Crippen molar-refractivity contribution >= 4 is 11.8 Å². The lowest BCUT2D eigenvalue weighted by molar-refractivity contribution is -0.134. The molecule has 2 unspecified atom stereocenters. The highest BCUT2D eigenvalue weighted by Gasteiger charge is 2.27. The van der Waals surface area contributed by atoms with Crippen molar-refractivity contribution in [3.05, 3.63) is 23.8 Å². The van der Waals surface area contributed by atoms with Crippen molar-refractivity contribution in [2.45, 2.75) is 52.2 Å². The molecular weight excluding hydrogens is 372 g/mol. The normalized spacial score (nSPS) is 22.3. The highest BCUT2D eigenvalue weighted by Crippen LogP contribution is 2.29. The van der Waals surface area contributed by atoms with Crippen LogP contribution >= 0.6 is 0 Å². The molecule has 0 N–H and O–H groups in total. The van der Waals surface area contributed by atoms with Crippen molar-refractivity contribution in [1.29, 1.82) is 0 Å². The average molecular weight is 405 g/mol. The molecule has 160 valence electrons. The third-order valence-electron chi connectivity index (χ3n) is 5.26. The molecule has 0 saturated carbocycles. The van der Waals surface area contributed by atoms with Gasteiger partial charge in [0.1, 0.15) is 0 Å². The van der Waals surface area contributed by atoms with Crippen molar-refractivity contribution in [3.63, 3.8) is 0 Å². The molecule has 2 heterocycles. The summed E-state index contributed by atoms with van der Waals surface area (Å²) >= 11 is 0. The van der Waals surface area contributed by atoms with Crippen LogP contribution in [0, 0.1) is 0 Å². The van der Waals surface area contributed by atoms with Crippen LogP contribution in [0.15, 0.2) is 18.2 Å². The molecular formula is C22H32N2O5. The van der Waals surface area contributed by atoms with E-state index in [1.54, 1.807) is 18.2 Å². The second kappa shape index (κ2) is 9.96.